The third kappa shape index (κ3) is 2.62. The molecule has 0 radical (unpaired) electrons. The van der Waals surface area contributed by atoms with Crippen molar-refractivity contribution in [3.8, 4) is 0 Å². The van der Waals surface area contributed by atoms with E-state index in [1.54, 1.807) is 0 Å². The number of hydrogen-bond acceptors (Lipinski definition) is 3. The summed E-state index contributed by atoms with van der Waals surface area (Å²) in [7, 11) is 0. The van der Waals surface area contributed by atoms with Gasteiger partial charge in [-0.05, 0) is 43.7 Å². The molecule has 1 heterocycles. The Bertz CT molecular complexity index is 592. The maximum absolute atomic E-state index is 10.1. The van der Waals surface area contributed by atoms with Crippen LogP contribution in [-0.4, -0.2) is 17.3 Å². The minimum absolute atomic E-state index is 0.180. The van der Waals surface area contributed by atoms with Crippen molar-refractivity contribution in [2.24, 2.45) is 0 Å². The SMILES string of the molecule is Cc1c(C(C)NC2CCCCC2O)sc2ccccc12. The summed E-state index contributed by atoms with van der Waals surface area (Å²) in [6.45, 7) is 4.43. The van der Waals surface area contributed by atoms with Crippen LogP contribution in [0.2, 0.25) is 0 Å². The average molecular weight is 289 g/mol. The van der Waals surface area contributed by atoms with Gasteiger partial charge < -0.3 is 10.4 Å². The minimum atomic E-state index is -0.180. The van der Waals surface area contributed by atoms with Gasteiger partial charge in [-0.15, -0.1) is 11.3 Å². The number of aryl methyl sites for hydroxylation is 1. The first-order valence-corrected chi connectivity index (χ1v) is 8.40. The van der Waals surface area contributed by atoms with Crippen LogP contribution < -0.4 is 5.32 Å². The van der Waals surface area contributed by atoms with Crippen molar-refractivity contribution in [3.63, 3.8) is 0 Å². The van der Waals surface area contributed by atoms with Crippen LogP contribution in [0.4, 0.5) is 0 Å². The van der Waals surface area contributed by atoms with Gasteiger partial charge in [0.05, 0.1) is 6.10 Å². The fourth-order valence-corrected chi connectivity index (χ4v) is 4.53. The Morgan fingerprint density at radius 1 is 1.25 bits per heavy atom. The summed E-state index contributed by atoms with van der Waals surface area (Å²) in [5, 5.41) is 15.1. The van der Waals surface area contributed by atoms with Crippen molar-refractivity contribution in [2.75, 3.05) is 0 Å². The van der Waals surface area contributed by atoms with Gasteiger partial charge in [-0.3, -0.25) is 0 Å². The van der Waals surface area contributed by atoms with E-state index in [4.69, 9.17) is 0 Å². The van der Waals surface area contributed by atoms with E-state index in [1.165, 1.54) is 26.9 Å². The number of hydrogen-bond donors (Lipinski definition) is 2. The molecule has 1 aliphatic carbocycles. The van der Waals surface area contributed by atoms with Crippen LogP contribution in [0.3, 0.4) is 0 Å². The van der Waals surface area contributed by atoms with Crippen LogP contribution in [0.15, 0.2) is 24.3 Å². The van der Waals surface area contributed by atoms with E-state index in [0.29, 0.717) is 6.04 Å². The molecule has 0 amide bonds. The van der Waals surface area contributed by atoms with Gasteiger partial charge in [0.15, 0.2) is 0 Å². The number of fused-ring (bicyclic) bond motifs is 1. The van der Waals surface area contributed by atoms with Gasteiger partial charge in [-0.25, -0.2) is 0 Å². The molecule has 0 aliphatic heterocycles. The van der Waals surface area contributed by atoms with Crippen molar-refractivity contribution in [1.29, 1.82) is 0 Å². The number of nitrogens with one attached hydrogen (secondary N) is 1. The van der Waals surface area contributed by atoms with Crippen LogP contribution in [0.25, 0.3) is 10.1 Å². The number of thiophene rings is 1. The maximum atomic E-state index is 10.1. The zero-order valence-electron chi connectivity index (χ0n) is 12.2. The Kier molecular flexibility index (Phi) is 4.11. The van der Waals surface area contributed by atoms with Gasteiger partial charge >= 0.3 is 0 Å². The van der Waals surface area contributed by atoms with E-state index in [0.717, 1.165) is 19.3 Å². The fourth-order valence-electron chi connectivity index (χ4n) is 3.31. The molecule has 3 heteroatoms. The molecule has 0 spiro atoms. The Morgan fingerprint density at radius 2 is 2.00 bits per heavy atom. The molecule has 1 saturated carbocycles. The minimum Gasteiger partial charge on any atom is -0.392 e. The molecule has 3 rings (SSSR count). The third-order valence-corrected chi connectivity index (χ3v) is 5.92. The maximum Gasteiger partial charge on any atom is 0.0693 e. The molecule has 0 bridgehead atoms. The highest BCUT2D eigenvalue weighted by molar-refractivity contribution is 7.19. The number of aliphatic hydroxyl groups is 1. The van der Waals surface area contributed by atoms with Crippen molar-refractivity contribution in [3.05, 3.63) is 34.7 Å². The second-order valence-corrected chi connectivity index (χ2v) is 7.02. The topological polar surface area (TPSA) is 32.3 Å². The Morgan fingerprint density at radius 3 is 2.75 bits per heavy atom. The quantitative estimate of drug-likeness (QED) is 0.889. The Hall–Kier alpha value is -0.900. The van der Waals surface area contributed by atoms with Crippen LogP contribution in [-0.2, 0) is 0 Å². The normalized spacial score (nSPS) is 24.9. The second-order valence-electron chi connectivity index (χ2n) is 5.93. The molecule has 0 saturated heterocycles. The van der Waals surface area contributed by atoms with Gasteiger partial charge in [0.25, 0.3) is 0 Å². The smallest absolute Gasteiger partial charge is 0.0693 e. The van der Waals surface area contributed by atoms with Crippen LogP contribution in [0.1, 0.15) is 49.1 Å². The predicted molar refractivity (Wildman–Crippen MR) is 86.4 cm³/mol. The van der Waals surface area contributed by atoms with Crippen molar-refractivity contribution in [1.82, 2.24) is 5.32 Å². The molecule has 2 N–H and O–H groups in total. The van der Waals surface area contributed by atoms with E-state index in [2.05, 4.69) is 43.4 Å². The van der Waals surface area contributed by atoms with E-state index in [1.807, 2.05) is 11.3 Å². The molecule has 1 aromatic carbocycles. The molecule has 2 nitrogen and oxygen atoms in total. The number of benzene rings is 1. The summed E-state index contributed by atoms with van der Waals surface area (Å²) >= 11 is 1.88. The van der Waals surface area contributed by atoms with Gasteiger partial charge in [0.1, 0.15) is 0 Å². The lowest BCUT2D eigenvalue weighted by molar-refractivity contribution is 0.0861. The van der Waals surface area contributed by atoms with Crippen molar-refractivity contribution in [2.45, 2.75) is 57.7 Å². The van der Waals surface area contributed by atoms with E-state index >= 15 is 0 Å². The monoisotopic (exact) mass is 289 g/mol. The van der Waals surface area contributed by atoms with Crippen molar-refractivity contribution < 1.29 is 5.11 Å². The average Bonchev–Trinajstić information content (AvgIpc) is 2.79. The highest BCUT2D eigenvalue weighted by Gasteiger charge is 2.25. The van der Waals surface area contributed by atoms with Gasteiger partial charge in [-0.2, -0.15) is 0 Å². The van der Waals surface area contributed by atoms with Crippen LogP contribution in [0.5, 0.6) is 0 Å². The predicted octanol–water partition coefficient (Wildman–Crippen LogP) is 4.16. The molecule has 20 heavy (non-hydrogen) atoms. The Balaban J connectivity index is 1.81. The second kappa shape index (κ2) is 5.84. The summed E-state index contributed by atoms with van der Waals surface area (Å²) in [5.74, 6) is 0. The summed E-state index contributed by atoms with van der Waals surface area (Å²) in [4.78, 5) is 1.41. The standard InChI is InChI=1S/C17H23NOS/c1-11-13-7-3-6-10-16(13)20-17(11)12(2)18-14-8-4-5-9-15(14)19/h3,6-7,10,12,14-15,18-19H,4-5,8-9H2,1-2H3. The molecule has 3 atom stereocenters. The largest absolute Gasteiger partial charge is 0.392 e. The highest BCUT2D eigenvalue weighted by atomic mass is 32.1. The Labute approximate surface area is 124 Å². The number of rotatable bonds is 3. The first-order chi connectivity index (χ1) is 9.66. The molecule has 1 aliphatic rings. The van der Waals surface area contributed by atoms with Gasteiger partial charge in [0.2, 0.25) is 0 Å². The number of aliphatic hydroxyl groups excluding tert-OH is 1. The third-order valence-electron chi connectivity index (χ3n) is 4.47. The highest BCUT2D eigenvalue weighted by Crippen LogP contribution is 2.35. The zero-order valence-corrected chi connectivity index (χ0v) is 13.0. The van der Waals surface area contributed by atoms with Gasteiger partial charge in [-0.1, -0.05) is 31.0 Å². The van der Waals surface area contributed by atoms with Crippen molar-refractivity contribution >= 4 is 21.4 Å². The first-order valence-electron chi connectivity index (χ1n) is 7.59. The van der Waals surface area contributed by atoms with Crippen LogP contribution in [0, 0.1) is 6.92 Å². The summed E-state index contributed by atoms with van der Waals surface area (Å²) in [5.41, 5.74) is 1.39. The lowest BCUT2D eigenvalue weighted by atomic mass is 9.92. The first kappa shape index (κ1) is 14.1. The van der Waals surface area contributed by atoms with Gasteiger partial charge in [0, 0.05) is 21.7 Å². The lowest BCUT2D eigenvalue weighted by Gasteiger charge is -2.31. The van der Waals surface area contributed by atoms with E-state index in [9.17, 15) is 5.11 Å². The van der Waals surface area contributed by atoms with E-state index in [-0.39, 0.29) is 12.1 Å². The lowest BCUT2D eigenvalue weighted by Crippen LogP contribution is -2.43. The zero-order chi connectivity index (χ0) is 14.1. The molecular weight excluding hydrogens is 266 g/mol. The molecule has 108 valence electrons. The summed E-state index contributed by atoms with van der Waals surface area (Å²) in [6.07, 6.45) is 4.24. The summed E-state index contributed by atoms with van der Waals surface area (Å²) < 4.78 is 1.36. The molecule has 3 unspecified atom stereocenters. The molecule has 1 aromatic heterocycles. The van der Waals surface area contributed by atoms with Crippen LogP contribution >= 0.6 is 11.3 Å². The molecular formula is C17H23NOS. The summed E-state index contributed by atoms with van der Waals surface area (Å²) in [6, 6.07) is 9.17. The molecule has 1 fully saturated rings. The fraction of sp³-hybridized carbons (Fsp3) is 0.529. The van der Waals surface area contributed by atoms with E-state index < -0.39 is 0 Å². The molecule has 2 aromatic rings.